The summed E-state index contributed by atoms with van der Waals surface area (Å²) in [5.41, 5.74) is 8.56. The van der Waals surface area contributed by atoms with E-state index in [0.29, 0.717) is 5.13 Å². The molecule has 3 heterocycles. The first kappa shape index (κ1) is 12.1. The maximum atomic E-state index is 5.90. The van der Waals surface area contributed by atoms with Crippen molar-refractivity contribution in [3.63, 3.8) is 0 Å². The van der Waals surface area contributed by atoms with Gasteiger partial charge in [0.2, 0.25) is 0 Å². The predicted octanol–water partition coefficient (Wildman–Crippen LogP) is 4.20. The number of thiazole rings is 1. The van der Waals surface area contributed by atoms with E-state index in [1.54, 1.807) is 12.4 Å². The second-order valence-electron chi connectivity index (χ2n) is 4.61. The molecule has 5 heteroatoms. The number of hydrogen-bond acceptors (Lipinski definition) is 5. The van der Waals surface area contributed by atoms with Crippen LogP contribution >= 0.6 is 11.3 Å². The Morgan fingerprint density at radius 3 is 2.67 bits per heavy atom. The van der Waals surface area contributed by atoms with Gasteiger partial charge in [0, 0.05) is 17.8 Å². The summed E-state index contributed by atoms with van der Waals surface area (Å²) < 4.78 is 5.90. The van der Waals surface area contributed by atoms with Crippen LogP contribution in [0.2, 0.25) is 0 Å². The van der Waals surface area contributed by atoms with Crippen molar-refractivity contribution in [1.29, 1.82) is 0 Å². The van der Waals surface area contributed by atoms with E-state index in [9.17, 15) is 0 Å². The first-order valence-corrected chi connectivity index (χ1v) is 7.28. The highest BCUT2D eigenvalue weighted by atomic mass is 32.1. The molecule has 0 spiro atoms. The van der Waals surface area contributed by atoms with Crippen molar-refractivity contribution < 1.29 is 4.42 Å². The second kappa shape index (κ2) is 4.71. The molecule has 4 nitrogen and oxygen atoms in total. The molecule has 0 radical (unpaired) electrons. The SMILES string of the molecule is Nc1nc(-c2cc3ccccc3o2)c(-c2ccncc2)s1. The van der Waals surface area contributed by atoms with E-state index in [0.717, 1.165) is 32.9 Å². The molecule has 21 heavy (non-hydrogen) atoms. The minimum atomic E-state index is 0.525. The van der Waals surface area contributed by atoms with E-state index < -0.39 is 0 Å². The lowest BCUT2D eigenvalue weighted by Gasteiger charge is -1.98. The Labute approximate surface area is 124 Å². The third-order valence-corrected chi connectivity index (χ3v) is 4.18. The molecule has 2 N–H and O–H groups in total. The molecule has 1 aromatic carbocycles. The monoisotopic (exact) mass is 293 g/mol. The summed E-state index contributed by atoms with van der Waals surface area (Å²) in [6.07, 6.45) is 3.52. The van der Waals surface area contributed by atoms with Gasteiger partial charge in [-0.25, -0.2) is 4.98 Å². The molecule has 0 aliphatic heterocycles. The van der Waals surface area contributed by atoms with Crippen molar-refractivity contribution in [2.75, 3.05) is 5.73 Å². The fourth-order valence-corrected chi connectivity index (χ4v) is 3.14. The number of hydrogen-bond donors (Lipinski definition) is 1. The third kappa shape index (κ3) is 2.08. The molecular formula is C16H11N3OS. The summed E-state index contributed by atoms with van der Waals surface area (Å²) in [6.45, 7) is 0. The Morgan fingerprint density at radius 1 is 1.05 bits per heavy atom. The van der Waals surface area contributed by atoms with Gasteiger partial charge in [0.05, 0.1) is 4.88 Å². The van der Waals surface area contributed by atoms with Crippen LogP contribution in [0, 0.1) is 0 Å². The number of rotatable bonds is 2. The van der Waals surface area contributed by atoms with Crippen LogP contribution in [0.5, 0.6) is 0 Å². The largest absolute Gasteiger partial charge is 0.454 e. The number of nitrogen functional groups attached to an aromatic ring is 1. The molecule has 0 unspecified atom stereocenters. The van der Waals surface area contributed by atoms with E-state index in [-0.39, 0.29) is 0 Å². The van der Waals surface area contributed by atoms with Gasteiger partial charge in [0.15, 0.2) is 10.9 Å². The summed E-state index contributed by atoms with van der Waals surface area (Å²) in [7, 11) is 0. The number of pyridine rings is 1. The summed E-state index contributed by atoms with van der Waals surface area (Å²) >= 11 is 1.45. The molecular weight excluding hydrogens is 282 g/mol. The predicted molar refractivity (Wildman–Crippen MR) is 85.0 cm³/mol. The number of para-hydroxylation sites is 1. The fourth-order valence-electron chi connectivity index (χ4n) is 2.30. The Kier molecular flexibility index (Phi) is 2.72. The number of fused-ring (bicyclic) bond motifs is 1. The molecule has 102 valence electrons. The molecule has 0 aliphatic rings. The third-order valence-electron chi connectivity index (χ3n) is 3.25. The fraction of sp³-hybridized carbons (Fsp3) is 0. The van der Waals surface area contributed by atoms with Gasteiger partial charge >= 0.3 is 0 Å². The molecule has 0 saturated heterocycles. The van der Waals surface area contributed by atoms with Crippen molar-refractivity contribution in [2.24, 2.45) is 0 Å². The summed E-state index contributed by atoms with van der Waals surface area (Å²) in [5.74, 6) is 0.732. The second-order valence-corrected chi connectivity index (χ2v) is 5.64. The van der Waals surface area contributed by atoms with Crippen LogP contribution < -0.4 is 5.73 Å². The van der Waals surface area contributed by atoms with Gasteiger partial charge in [0.1, 0.15) is 11.3 Å². The molecule has 0 saturated carbocycles. The van der Waals surface area contributed by atoms with Crippen molar-refractivity contribution in [3.05, 3.63) is 54.9 Å². The Morgan fingerprint density at radius 2 is 1.86 bits per heavy atom. The molecule has 0 aliphatic carbocycles. The summed E-state index contributed by atoms with van der Waals surface area (Å²) in [6, 6.07) is 13.8. The lowest BCUT2D eigenvalue weighted by molar-refractivity contribution is 0.629. The van der Waals surface area contributed by atoms with Crippen LogP contribution in [0.3, 0.4) is 0 Å². The number of nitrogens with zero attached hydrogens (tertiary/aromatic N) is 2. The van der Waals surface area contributed by atoms with E-state index in [2.05, 4.69) is 9.97 Å². The molecule has 4 rings (SSSR count). The van der Waals surface area contributed by atoms with Crippen LogP contribution in [0.4, 0.5) is 5.13 Å². The molecule has 0 amide bonds. The van der Waals surface area contributed by atoms with Gasteiger partial charge in [-0.2, -0.15) is 0 Å². The van der Waals surface area contributed by atoms with Gasteiger partial charge in [-0.05, 0) is 29.8 Å². The topological polar surface area (TPSA) is 64.9 Å². The van der Waals surface area contributed by atoms with Gasteiger partial charge in [-0.3, -0.25) is 4.98 Å². The van der Waals surface area contributed by atoms with Crippen LogP contribution in [-0.2, 0) is 0 Å². The maximum Gasteiger partial charge on any atom is 0.181 e. The minimum absolute atomic E-state index is 0.525. The standard InChI is InChI=1S/C16H11N3OS/c17-16-19-14(15(21-16)10-5-7-18-8-6-10)13-9-11-3-1-2-4-12(11)20-13/h1-9H,(H2,17,19). The maximum absolute atomic E-state index is 5.90. The number of nitrogens with two attached hydrogens (primary N) is 1. The van der Waals surface area contributed by atoms with Crippen molar-refractivity contribution in [2.45, 2.75) is 0 Å². The lowest BCUT2D eigenvalue weighted by Crippen LogP contribution is -1.82. The zero-order chi connectivity index (χ0) is 14.2. The smallest absolute Gasteiger partial charge is 0.181 e. The first-order valence-electron chi connectivity index (χ1n) is 6.47. The van der Waals surface area contributed by atoms with E-state index in [4.69, 9.17) is 10.2 Å². The van der Waals surface area contributed by atoms with Gasteiger partial charge in [-0.15, -0.1) is 0 Å². The van der Waals surface area contributed by atoms with E-state index >= 15 is 0 Å². The lowest BCUT2D eigenvalue weighted by atomic mass is 10.1. The molecule has 0 bridgehead atoms. The van der Waals surface area contributed by atoms with Crippen LogP contribution in [0.1, 0.15) is 0 Å². The van der Waals surface area contributed by atoms with Gasteiger partial charge in [-0.1, -0.05) is 29.5 Å². The average Bonchev–Trinajstić information content (AvgIpc) is 3.11. The number of furan rings is 1. The Balaban J connectivity index is 1.92. The molecule has 3 aromatic heterocycles. The highest BCUT2D eigenvalue weighted by Crippen LogP contribution is 2.39. The summed E-state index contributed by atoms with van der Waals surface area (Å²) in [5, 5.41) is 1.58. The van der Waals surface area contributed by atoms with E-state index in [1.165, 1.54) is 11.3 Å². The Hall–Kier alpha value is -2.66. The van der Waals surface area contributed by atoms with Gasteiger partial charge in [0.25, 0.3) is 0 Å². The van der Waals surface area contributed by atoms with E-state index in [1.807, 2.05) is 42.5 Å². The Bertz CT molecular complexity index is 879. The van der Waals surface area contributed by atoms with Crippen molar-refractivity contribution in [1.82, 2.24) is 9.97 Å². The zero-order valence-electron chi connectivity index (χ0n) is 11.0. The van der Waals surface area contributed by atoms with Crippen molar-refractivity contribution >= 4 is 27.4 Å². The highest BCUT2D eigenvalue weighted by Gasteiger charge is 2.17. The van der Waals surface area contributed by atoms with Crippen molar-refractivity contribution in [3.8, 4) is 21.9 Å². The van der Waals surface area contributed by atoms with Crippen LogP contribution in [0.15, 0.2) is 59.3 Å². The molecule has 0 fully saturated rings. The summed E-state index contributed by atoms with van der Waals surface area (Å²) in [4.78, 5) is 9.47. The average molecular weight is 293 g/mol. The van der Waals surface area contributed by atoms with Gasteiger partial charge < -0.3 is 10.2 Å². The normalized spacial score (nSPS) is 11.0. The van der Waals surface area contributed by atoms with Crippen LogP contribution in [-0.4, -0.2) is 9.97 Å². The zero-order valence-corrected chi connectivity index (χ0v) is 11.8. The number of aromatic nitrogens is 2. The molecule has 0 atom stereocenters. The highest BCUT2D eigenvalue weighted by molar-refractivity contribution is 7.19. The van der Waals surface area contributed by atoms with Crippen LogP contribution in [0.25, 0.3) is 32.9 Å². The number of anilines is 1. The molecule has 4 aromatic rings. The first-order chi connectivity index (χ1) is 10.3. The number of benzene rings is 1. The minimum Gasteiger partial charge on any atom is -0.454 e. The quantitative estimate of drug-likeness (QED) is 0.601.